The van der Waals surface area contributed by atoms with Gasteiger partial charge < -0.3 is 14.0 Å². The number of sulfonamides is 1. The molecule has 2 aliphatic heterocycles. The SMILES string of the molecule is C#CCn1c(=NC(=O)C2CCN(S(C)(=O)=O)CC2)sc2cc3c(cc21)OCO3. The zero-order valence-corrected chi connectivity index (χ0v) is 16.9. The van der Waals surface area contributed by atoms with Gasteiger partial charge in [-0.2, -0.15) is 4.99 Å². The maximum atomic E-state index is 12.7. The molecule has 1 saturated heterocycles. The van der Waals surface area contributed by atoms with Crippen molar-refractivity contribution in [3.8, 4) is 23.8 Å². The zero-order valence-electron chi connectivity index (χ0n) is 15.3. The third-order valence-electron chi connectivity index (χ3n) is 4.90. The molecule has 1 aromatic heterocycles. The highest BCUT2D eigenvalue weighted by molar-refractivity contribution is 7.88. The average molecular weight is 422 g/mol. The highest BCUT2D eigenvalue weighted by atomic mass is 32.2. The van der Waals surface area contributed by atoms with E-state index in [0.29, 0.717) is 42.2 Å². The molecule has 10 heteroatoms. The number of carbonyl (C=O) groups excluding carboxylic acids is 1. The largest absolute Gasteiger partial charge is 0.454 e. The fraction of sp³-hybridized carbons (Fsp3) is 0.444. The monoisotopic (exact) mass is 421 g/mol. The summed E-state index contributed by atoms with van der Waals surface area (Å²) in [6.07, 6.45) is 7.62. The Morgan fingerprint density at radius 3 is 2.64 bits per heavy atom. The van der Waals surface area contributed by atoms with Gasteiger partial charge in [-0.25, -0.2) is 12.7 Å². The zero-order chi connectivity index (χ0) is 19.9. The summed E-state index contributed by atoms with van der Waals surface area (Å²) in [5, 5.41) is 0. The van der Waals surface area contributed by atoms with Gasteiger partial charge in [0.25, 0.3) is 5.91 Å². The smallest absolute Gasteiger partial charge is 0.251 e. The maximum absolute atomic E-state index is 12.7. The molecule has 2 aliphatic rings. The summed E-state index contributed by atoms with van der Waals surface area (Å²) in [6, 6.07) is 3.71. The van der Waals surface area contributed by atoms with Crippen LogP contribution in [0.3, 0.4) is 0 Å². The molecule has 8 nitrogen and oxygen atoms in total. The third kappa shape index (κ3) is 3.53. The number of rotatable bonds is 3. The maximum Gasteiger partial charge on any atom is 0.251 e. The lowest BCUT2D eigenvalue weighted by Gasteiger charge is -2.28. The van der Waals surface area contributed by atoms with Crippen LogP contribution in [0.1, 0.15) is 12.8 Å². The van der Waals surface area contributed by atoms with Gasteiger partial charge in [0.2, 0.25) is 16.8 Å². The van der Waals surface area contributed by atoms with Crippen molar-refractivity contribution in [2.75, 3.05) is 26.1 Å². The first kappa shape index (κ1) is 19.0. The van der Waals surface area contributed by atoms with E-state index in [0.717, 1.165) is 10.2 Å². The van der Waals surface area contributed by atoms with Gasteiger partial charge in [0.15, 0.2) is 16.3 Å². The highest BCUT2D eigenvalue weighted by Gasteiger charge is 2.29. The summed E-state index contributed by atoms with van der Waals surface area (Å²) in [7, 11) is -3.23. The number of thiazole rings is 1. The van der Waals surface area contributed by atoms with Crippen LogP contribution < -0.4 is 14.3 Å². The third-order valence-corrected chi connectivity index (χ3v) is 7.25. The Kier molecular flexibility index (Phi) is 4.91. The highest BCUT2D eigenvalue weighted by Crippen LogP contribution is 2.37. The summed E-state index contributed by atoms with van der Waals surface area (Å²) in [5.41, 5.74) is 0.839. The molecule has 0 spiro atoms. The lowest BCUT2D eigenvalue weighted by molar-refractivity contribution is -0.122. The molecular formula is C18H19N3O5S2. The van der Waals surface area contributed by atoms with Crippen molar-refractivity contribution in [1.82, 2.24) is 8.87 Å². The minimum atomic E-state index is -3.23. The van der Waals surface area contributed by atoms with Crippen LogP contribution in [-0.2, 0) is 21.4 Å². The standard InChI is InChI=1S/C18H19N3O5S2/c1-3-6-21-13-9-14-15(26-11-25-14)10-16(13)27-18(21)19-17(22)12-4-7-20(8-5-12)28(2,23)24/h1,9-10,12H,4-8,11H2,2H3. The van der Waals surface area contributed by atoms with Crippen molar-refractivity contribution in [3.63, 3.8) is 0 Å². The summed E-state index contributed by atoms with van der Waals surface area (Å²) < 4.78 is 38.2. The van der Waals surface area contributed by atoms with Gasteiger partial charge in [-0.05, 0) is 12.8 Å². The van der Waals surface area contributed by atoms with Crippen molar-refractivity contribution < 1.29 is 22.7 Å². The number of fused-ring (bicyclic) bond motifs is 2. The molecule has 28 heavy (non-hydrogen) atoms. The van der Waals surface area contributed by atoms with Gasteiger partial charge in [0.05, 0.1) is 23.0 Å². The van der Waals surface area contributed by atoms with Crippen LogP contribution in [0.15, 0.2) is 17.1 Å². The topological polar surface area (TPSA) is 90.2 Å². The van der Waals surface area contributed by atoms with E-state index in [2.05, 4.69) is 10.9 Å². The number of hydrogen-bond acceptors (Lipinski definition) is 6. The Hall–Kier alpha value is -2.35. The second kappa shape index (κ2) is 7.24. The number of nitrogens with zero attached hydrogens (tertiary/aromatic N) is 3. The quantitative estimate of drug-likeness (QED) is 0.694. The lowest BCUT2D eigenvalue weighted by Crippen LogP contribution is -2.39. The molecule has 4 rings (SSSR count). The Morgan fingerprint density at radius 1 is 1.32 bits per heavy atom. The second-order valence-corrected chi connectivity index (χ2v) is 9.73. The van der Waals surface area contributed by atoms with Gasteiger partial charge in [0.1, 0.15) is 0 Å². The van der Waals surface area contributed by atoms with Crippen LogP contribution in [0.25, 0.3) is 10.2 Å². The van der Waals surface area contributed by atoms with Gasteiger partial charge in [-0.1, -0.05) is 17.3 Å². The van der Waals surface area contributed by atoms with Crippen LogP contribution in [0.4, 0.5) is 0 Å². The van der Waals surface area contributed by atoms with Crippen molar-refractivity contribution in [2.45, 2.75) is 19.4 Å². The van der Waals surface area contributed by atoms with E-state index < -0.39 is 10.0 Å². The first-order chi connectivity index (χ1) is 13.4. The average Bonchev–Trinajstić information content (AvgIpc) is 3.24. The van der Waals surface area contributed by atoms with E-state index in [1.54, 1.807) is 0 Å². The van der Waals surface area contributed by atoms with Gasteiger partial charge >= 0.3 is 0 Å². The molecule has 0 unspecified atom stereocenters. The number of terminal acetylenes is 1. The molecule has 0 aliphatic carbocycles. The van der Waals surface area contributed by atoms with E-state index in [-0.39, 0.29) is 25.2 Å². The Balaban J connectivity index is 1.65. The van der Waals surface area contributed by atoms with Crippen LogP contribution in [0.2, 0.25) is 0 Å². The van der Waals surface area contributed by atoms with Crippen LogP contribution in [-0.4, -0.2) is 49.3 Å². The van der Waals surface area contributed by atoms with E-state index in [1.807, 2.05) is 16.7 Å². The van der Waals surface area contributed by atoms with E-state index in [1.165, 1.54) is 21.9 Å². The predicted molar refractivity (Wildman–Crippen MR) is 104 cm³/mol. The molecule has 148 valence electrons. The number of ether oxygens (including phenoxy) is 2. The molecular weight excluding hydrogens is 402 g/mol. The molecule has 0 saturated carbocycles. The number of hydrogen-bond donors (Lipinski definition) is 0. The molecule has 0 radical (unpaired) electrons. The predicted octanol–water partition coefficient (Wildman–Crippen LogP) is 1.16. The minimum absolute atomic E-state index is 0.184. The summed E-state index contributed by atoms with van der Waals surface area (Å²) in [6.45, 7) is 1.13. The second-order valence-electron chi connectivity index (χ2n) is 6.73. The van der Waals surface area contributed by atoms with Crippen LogP contribution in [0.5, 0.6) is 11.5 Å². The first-order valence-corrected chi connectivity index (χ1v) is 11.4. The Morgan fingerprint density at radius 2 is 2.00 bits per heavy atom. The van der Waals surface area contributed by atoms with Crippen molar-refractivity contribution in [3.05, 3.63) is 16.9 Å². The van der Waals surface area contributed by atoms with Crippen molar-refractivity contribution >= 4 is 37.5 Å². The van der Waals surface area contributed by atoms with Gasteiger partial charge in [0, 0.05) is 31.1 Å². The number of carbonyl (C=O) groups is 1. The number of benzene rings is 1. The molecule has 1 fully saturated rings. The van der Waals surface area contributed by atoms with E-state index >= 15 is 0 Å². The summed E-state index contributed by atoms with van der Waals surface area (Å²) in [4.78, 5) is 17.6. The number of aromatic nitrogens is 1. The van der Waals surface area contributed by atoms with Crippen LogP contribution in [0, 0.1) is 18.3 Å². The first-order valence-electron chi connectivity index (χ1n) is 8.77. The Labute approximate surface area is 166 Å². The van der Waals surface area contributed by atoms with Gasteiger partial charge in [-0.3, -0.25) is 4.79 Å². The summed E-state index contributed by atoms with van der Waals surface area (Å²) >= 11 is 1.37. The molecule has 0 bridgehead atoms. The molecule has 1 aromatic carbocycles. The fourth-order valence-electron chi connectivity index (χ4n) is 3.41. The fourth-order valence-corrected chi connectivity index (χ4v) is 5.33. The normalized spacial score (nSPS) is 18.5. The molecule has 1 amide bonds. The van der Waals surface area contributed by atoms with Crippen LogP contribution >= 0.6 is 11.3 Å². The number of piperidine rings is 1. The van der Waals surface area contributed by atoms with E-state index in [4.69, 9.17) is 15.9 Å². The molecule has 0 atom stereocenters. The molecule has 0 N–H and O–H groups in total. The van der Waals surface area contributed by atoms with E-state index in [9.17, 15) is 13.2 Å². The lowest BCUT2D eigenvalue weighted by atomic mass is 9.98. The Bertz CT molecular complexity index is 1150. The van der Waals surface area contributed by atoms with Crippen molar-refractivity contribution in [1.29, 1.82) is 0 Å². The molecule has 2 aromatic rings. The summed E-state index contributed by atoms with van der Waals surface area (Å²) in [5.74, 6) is 3.36. The molecule has 3 heterocycles. The van der Waals surface area contributed by atoms with Gasteiger partial charge in [-0.15, -0.1) is 6.42 Å². The minimum Gasteiger partial charge on any atom is -0.454 e. The van der Waals surface area contributed by atoms with Crippen molar-refractivity contribution in [2.24, 2.45) is 10.9 Å². The number of amides is 1.